The van der Waals surface area contributed by atoms with Gasteiger partial charge in [0.2, 0.25) is 0 Å². The van der Waals surface area contributed by atoms with Gasteiger partial charge in [-0.15, -0.1) is 0 Å². The molecule has 0 rings (SSSR count). The fourth-order valence-corrected chi connectivity index (χ4v) is 2.99. The van der Waals surface area contributed by atoms with Crippen molar-refractivity contribution in [2.75, 3.05) is 7.11 Å². The fraction of sp³-hybridized carbons (Fsp3) is 0.750. The normalized spacial score (nSPS) is 14.6. The second kappa shape index (κ2) is 9.60. The third-order valence-corrected chi connectivity index (χ3v) is 4.35. The van der Waals surface area contributed by atoms with Gasteiger partial charge in [-0.05, 0) is 25.3 Å². The molecule has 0 aromatic carbocycles. The molecule has 1 atom stereocenters. The zero-order valence-electron chi connectivity index (χ0n) is 10.7. The van der Waals surface area contributed by atoms with Gasteiger partial charge < -0.3 is 9.53 Å². The van der Waals surface area contributed by atoms with Crippen LogP contribution in [0.2, 0.25) is 5.54 Å². The van der Waals surface area contributed by atoms with E-state index in [1.807, 2.05) is 6.08 Å². The summed E-state index contributed by atoms with van der Waals surface area (Å²) >= 11 is 0. The number of unbranched alkanes of at least 4 members (excludes halogenated alkanes) is 1. The minimum atomic E-state index is -0.811. The Labute approximate surface area is 101 Å². The Hall–Kier alpha value is -0.613. The van der Waals surface area contributed by atoms with Gasteiger partial charge in [0, 0.05) is 12.7 Å². The van der Waals surface area contributed by atoms with Gasteiger partial charge in [-0.2, -0.15) is 0 Å². The quantitative estimate of drug-likeness (QED) is 0.501. The Kier molecular flexibility index (Phi) is 9.23. The topological polar surface area (TPSA) is 46.5 Å². The van der Waals surface area contributed by atoms with E-state index in [4.69, 9.17) is 9.53 Å². The van der Waals surface area contributed by atoms with Crippen LogP contribution >= 0.6 is 0 Å². The molecule has 0 spiro atoms. The first-order chi connectivity index (χ1) is 7.61. The monoisotopic (exact) mass is 244 g/mol. The molecule has 16 heavy (non-hydrogen) atoms. The van der Waals surface area contributed by atoms with Gasteiger partial charge in [-0.1, -0.05) is 32.3 Å². The molecule has 0 saturated carbocycles. The van der Waals surface area contributed by atoms with Gasteiger partial charge in [-0.25, -0.2) is 4.79 Å². The van der Waals surface area contributed by atoms with Crippen molar-refractivity contribution < 1.29 is 14.3 Å². The molecule has 0 fully saturated rings. The molecule has 0 saturated heterocycles. The zero-order chi connectivity index (χ0) is 12.4. The smallest absolute Gasteiger partial charge is 0.330 e. The minimum absolute atomic E-state index is 0.426. The maximum absolute atomic E-state index is 10.6. The predicted octanol–water partition coefficient (Wildman–Crippen LogP) is 2.51. The van der Waals surface area contributed by atoms with Crippen LogP contribution in [-0.2, 0) is 9.22 Å². The average molecular weight is 244 g/mol. The lowest BCUT2D eigenvalue weighted by Crippen LogP contribution is -2.06. The van der Waals surface area contributed by atoms with E-state index < -0.39 is 15.7 Å². The van der Waals surface area contributed by atoms with Crippen molar-refractivity contribution in [2.45, 2.75) is 51.5 Å². The van der Waals surface area contributed by atoms with Crippen molar-refractivity contribution in [2.24, 2.45) is 0 Å². The molecular formula is C12H24O3Si. The minimum Gasteiger partial charge on any atom is -0.478 e. The molecule has 0 aliphatic carbocycles. The summed E-state index contributed by atoms with van der Waals surface area (Å²) in [6.07, 6.45) is 7.47. The van der Waals surface area contributed by atoms with Crippen molar-refractivity contribution in [1.29, 1.82) is 0 Å². The lowest BCUT2D eigenvalue weighted by atomic mass is 10.1. The molecule has 0 aromatic heterocycles. The van der Waals surface area contributed by atoms with Crippen LogP contribution in [0, 0.1) is 0 Å². The highest BCUT2D eigenvalue weighted by atomic mass is 28.2. The van der Waals surface area contributed by atoms with Crippen LogP contribution in [0.1, 0.15) is 46.0 Å². The Balaban J connectivity index is 3.91. The summed E-state index contributed by atoms with van der Waals surface area (Å²) in [5, 5.41) is 8.71. The standard InChI is InChI=1S/C12H24O3Si/c1-4-5-8-11(16-15-3)9-6-7-10(2)12(13)14/h7,11H,4-6,8-9,16H2,1-3H3,(H,13,14). The van der Waals surface area contributed by atoms with Crippen molar-refractivity contribution in [3.8, 4) is 0 Å². The van der Waals surface area contributed by atoms with Crippen LogP contribution in [0.3, 0.4) is 0 Å². The van der Waals surface area contributed by atoms with Gasteiger partial charge in [0.1, 0.15) is 0 Å². The molecule has 1 unspecified atom stereocenters. The highest BCUT2D eigenvalue weighted by Crippen LogP contribution is 2.20. The average Bonchev–Trinajstić information content (AvgIpc) is 2.25. The van der Waals surface area contributed by atoms with E-state index in [1.165, 1.54) is 19.3 Å². The van der Waals surface area contributed by atoms with Gasteiger partial charge in [0.05, 0.1) is 0 Å². The Morgan fingerprint density at radius 3 is 2.69 bits per heavy atom. The lowest BCUT2D eigenvalue weighted by Gasteiger charge is -2.13. The molecular weight excluding hydrogens is 220 g/mol. The van der Waals surface area contributed by atoms with Crippen molar-refractivity contribution in [3.05, 3.63) is 11.6 Å². The van der Waals surface area contributed by atoms with Crippen LogP contribution in [0.25, 0.3) is 0 Å². The number of rotatable bonds is 9. The first-order valence-corrected chi connectivity index (χ1v) is 7.40. The van der Waals surface area contributed by atoms with Gasteiger partial charge >= 0.3 is 5.97 Å². The largest absolute Gasteiger partial charge is 0.478 e. The highest BCUT2D eigenvalue weighted by molar-refractivity contribution is 6.29. The van der Waals surface area contributed by atoms with Crippen LogP contribution < -0.4 is 0 Å². The second-order valence-electron chi connectivity index (χ2n) is 4.23. The molecule has 3 nitrogen and oxygen atoms in total. The summed E-state index contributed by atoms with van der Waals surface area (Å²) in [7, 11) is 1.36. The van der Waals surface area contributed by atoms with E-state index in [1.54, 1.807) is 14.0 Å². The summed E-state index contributed by atoms with van der Waals surface area (Å²) < 4.78 is 5.31. The third kappa shape index (κ3) is 7.65. The molecule has 0 heterocycles. The molecule has 4 heteroatoms. The SMILES string of the molecule is CCCCC(CCC=C(C)C(=O)O)[SiH2]OC. The number of allylic oxidation sites excluding steroid dienone is 1. The Morgan fingerprint density at radius 1 is 1.50 bits per heavy atom. The number of hydrogen-bond acceptors (Lipinski definition) is 2. The van der Waals surface area contributed by atoms with Crippen LogP contribution in [0.4, 0.5) is 0 Å². The number of aliphatic carboxylic acids is 1. The molecule has 1 N–H and O–H groups in total. The van der Waals surface area contributed by atoms with Crippen molar-refractivity contribution >= 4 is 15.7 Å². The van der Waals surface area contributed by atoms with E-state index in [0.717, 1.165) is 12.8 Å². The van der Waals surface area contributed by atoms with E-state index >= 15 is 0 Å². The predicted molar refractivity (Wildman–Crippen MR) is 69.5 cm³/mol. The van der Waals surface area contributed by atoms with Crippen molar-refractivity contribution in [1.82, 2.24) is 0 Å². The van der Waals surface area contributed by atoms with E-state index in [9.17, 15) is 4.79 Å². The first-order valence-electron chi connectivity index (χ1n) is 6.00. The van der Waals surface area contributed by atoms with Gasteiger partial charge in [0.25, 0.3) is 0 Å². The van der Waals surface area contributed by atoms with Crippen LogP contribution in [0.5, 0.6) is 0 Å². The number of carbonyl (C=O) groups is 1. The van der Waals surface area contributed by atoms with Crippen molar-refractivity contribution in [3.63, 3.8) is 0 Å². The fourth-order valence-electron chi connectivity index (χ4n) is 1.66. The number of hydrogen-bond donors (Lipinski definition) is 1. The summed E-state index contributed by atoms with van der Waals surface area (Å²) in [6, 6.07) is 0. The summed E-state index contributed by atoms with van der Waals surface area (Å²) in [5.74, 6) is -0.811. The second-order valence-corrected chi connectivity index (χ2v) is 6.30. The Morgan fingerprint density at radius 2 is 2.19 bits per heavy atom. The maximum Gasteiger partial charge on any atom is 0.330 e. The summed E-state index contributed by atoms with van der Waals surface area (Å²) in [5.41, 5.74) is 1.15. The van der Waals surface area contributed by atoms with E-state index in [2.05, 4.69) is 6.92 Å². The van der Waals surface area contributed by atoms with Gasteiger partial charge in [-0.3, -0.25) is 0 Å². The lowest BCUT2D eigenvalue weighted by molar-refractivity contribution is -0.132. The zero-order valence-corrected chi connectivity index (χ0v) is 12.1. The Bertz CT molecular complexity index is 226. The number of carboxylic acids is 1. The first kappa shape index (κ1) is 15.4. The van der Waals surface area contributed by atoms with Gasteiger partial charge in [0.15, 0.2) is 9.76 Å². The molecule has 0 amide bonds. The van der Waals surface area contributed by atoms with Crippen LogP contribution in [0.15, 0.2) is 11.6 Å². The summed E-state index contributed by atoms with van der Waals surface area (Å²) in [4.78, 5) is 10.6. The molecule has 0 aliphatic heterocycles. The number of carboxylic acid groups (broad SMARTS) is 1. The maximum atomic E-state index is 10.6. The molecule has 0 aromatic rings. The molecule has 0 radical (unpaired) electrons. The third-order valence-electron chi connectivity index (χ3n) is 2.73. The van der Waals surface area contributed by atoms with E-state index in [-0.39, 0.29) is 0 Å². The van der Waals surface area contributed by atoms with E-state index in [0.29, 0.717) is 11.1 Å². The van der Waals surface area contributed by atoms with Crippen LogP contribution in [-0.4, -0.2) is 27.9 Å². The highest BCUT2D eigenvalue weighted by Gasteiger charge is 2.08. The summed E-state index contributed by atoms with van der Waals surface area (Å²) in [6.45, 7) is 3.84. The molecule has 94 valence electrons. The molecule has 0 aliphatic rings. The molecule has 0 bridgehead atoms.